The predicted molar refractivity (Wildman–Crippen MR) is 152 cm³/mol. The molecule has 9 nitrogen and oxygen atoms in total. The van der Waals surface area contributed by atoms with Crippen LogP contribution in [0.3, 0.4) is 0 Å². The van der Waals surface area contributed by atoms with Gasteiger partial charge in [-0.05, 0) is 71.0 Å². The number of benzene rings is 2. The molecule has 4 heterocycles. The van der Waals surface area contributed by atoms with Crippen molar-refractivity contribution in [1.82, 2.24) is 24.9 Å². The van der Waals surface area contributed by atoms with Gasteiger partial charge in [0.15, 0.2) is 0 Å². The number of aliphatic carboxylic acids is 1. The number of ether oxygens (including phenoxy) is 1. The first-order valence-corrected chi connectivity index (χ1v) is 14.3. The molecular weight excluding hydrogens is 526 g/mol. The van der Waals surface area contributed by atoms with Crippen LogP contribution in [0.2, 0.25) is 0 Å². The normalized spacial score (nSPS) is 17.1. The highest BCUT2D eigenvalue weighted by molar-refractivity contribution is 7.17. The van der Waals surface area contributed by atoms with Gasteiger partial charge in [-0.15, -0.1) is 16.4 Å². The van der Waals surface area contributed by atoms with Gasteiger partial charge in [-0.3, -0.25) is 9.69 Å². The van der Waals surface area contributed by atoms with Gasteiger partial charge >= 0.3 is 5.97 Å². The van der Waals surface area contributed by atoms with Gasteiger partial charge in [0.05, 0.1) is 11.9 Å². The van der Waals surface area contributed by atoms with Crippen LogP contribution in [0.25, 0.3) is 21.1 Å². The first kappa shape index (κ1) is 25.0. The molecule has 10 heteroatoms. The summed E-state index contributed by atoms with van der Waals surface area (Å²) in [5.41, 5.74) is 6.50. The number of aromatic nitrogens is 4. The number of aromatic hydroxyl groups is 1. The Bertz CT molecular complexity index is 1790. The number of hydrogen-bond acceptors (Lipinski definition) is 8. The third-order valence-corrected chi connectivity index (χ3v) is 9.25. The largest absolute Gasteiger partial charge is 0.493 e. The van der Waals surface area contributed by atoms with Gasteiger partial charge in [0, 0.05) is 55.1 Å². The van der Waals surface area contributed by atoms with Gasteiger partial charge in [0.25, 0.3) is 0 Å². The standard InChI is InChI=1S/C30H29N5O4S/c1-17-22(3-4-24-28(17)32-33-34(24)2)23(11-27(37)38)19-9-18-5-8-40-29(18)20(10-19)14-35-15-21-13-31-26(36)12-25(21)39-30(16-35)6-7-30/h3-5,8-10,12-13,23H,6-7,11,14-16H2,1-2H3,(H,31,36)(H,37,38)/t23-/m0/s1. The van der Waals surface area contributed by atoms with Crippen molar-refractivity contribution in [2.24, 2.45) is 7.05 Å². The Morgan fingerprint density at radius 3 is 2.88 bits per heavy atom. The molecule has 0 unspecified atom stereocenters. The summed E-state index contributed by atoms with van der Waals surface area (Å²) in [7, 11) is 1.86. The van der Waals surface area contributed by atoms with E-state index in [1.807, 2.05) is 26.1 Å². The zero-order valence-electron chi connectivity index (χ0n) is 22.3. The van der Waals surface area contributed by atoms with Crippen molar-refractivity contribution in [3.8, 4) is 11.6 Å². The third-order valence-electron chi connectivity index (χ3n) is 8.25. The Kier molecular flexibility index (Phi) is 5.79. The molecule has 1 saturated carbocycles. The molecular formula is C30H29N5O4S. The molecule has 1 fully saturated rings. The average Bonchev–Trinajstić information content (AvgIpc) is 3.34. The summed E-state index contributed by atoms with van der Waals surface area (Å²) in [4.78, 5) is 18.6. The van der Waals surface area contributed by atoms with Gasteiger partial charge in [0.1, 0.15) is 16.9 Å². The number of carboxylic acids is 1. The average molecular weight is 556 g/mol. The second-order valence-corrected chi connectivity index (χ2v) is 12.0. The number of nitrogens with zero attached hydrogens (tertiary/aromatic N) is 5. The van der Waals surface area contributed by atoms with E-state index in [0.29, 0.717) is 18.8 Å². The fraction of sp³-hybridized carbons (Fsp3) is 0.333. The van der Waals surface area contributed by atoms with Crippen molar-refractivity contribution in [1.29, 1.82) is 0 Å². The van der Waals surface area contributed by atoms with Crippen LogP contribution in [-0.2, 0) is 24.9 Å². The van der Waals surface area contributed by atoms with Crippen LogP contribution in [0.1, 0.15) is 53.0 Å². The van der Waals surface area contributed by atoms with Crippen molar-refractivity contribution in [3.63, 3.8) is 0 Å². The predicted octanol–water partition coefficient (Wildman–Crippen LogP) is 5.13. The lowest BCUT2D eigenvalue weighted by Gasteiger charge is -2.25. The molecule has 7 rings (SSSR count). The van der Waals surface area contributed by atoms with E-state index in [2.05, 4.69) is 43.8 Å². The van der Waals surface area contributed by atoms with Crippen LogP contribution in [-0.4, -0.2) is 53.2 Å². The summed E-state index contributed by atoms with van der Waals surface area (Å²) in [6, 6.07) is 12.1. The lowest BCUT2D eigenvalue weighted by molar-refractivity contribution is -0.137. The number of carbonyl (C=O) groups is 1. The fourth-order valence-corrected chi connectivity index (χ4v) is 6.99. The number of pyridine rings is 1. The minimum Gasteiger partial charge on any atom is -0.493 e. The lowest BCUT2D eigenvalue weighted by atomic mass is 9.84. The second-order valence-electron chi connectivity index (χ2n) is 11.1. The van der Waals surface area contributed by atoms with E-state index < -0.39 is 5.97 Å². The highest BCUT2D eigenvalue weighted by Gasteiger charge is 2.48. The molecule has 0 bridgehead atoms. The van der Waals surface area contributed by atoms with Gasteiger partial charge in [-0.25, -0.2) is 9.67 Å². The summed E-state index contributed by atoms with van der Waals surface area (Å²) < 4.78 is 9.32. The molecule has 204 valence electrons. The number of fused-ring (bicyclic) bond motifs is 3. The van der Waals surface area contributed by atoms with E-state index >= 15 is 0 Å². The molecule has 2 aliphatic rings. The van der Waals surface area contributed by atoms with Crippen LogP contribution in [0, 0.1) is 6.92 Å². The van der Waals surface area contributed by atoms with E-state index in [9.17, 15) is 15.0 Å². The van der Waals surface area contributed by atoms with Crippen molar-refractivity contribution >= 4 is 38.4 Å². The highest BCUT2D eigenvalue weighted by atomic mass is 32.1. The minimum atomic E-state index is -0.844. The lowest BCUT2D eigenvalue weighted by Crippen LogP contribution is -2.34. The zero-order valence-corrected chi connectivity index (χ0v) is 23.1. The van der Waals surface area contributed by atoms with Crippen molar-refractivity contribution in [2.45, 2.75) is 50.8 Å². The van der Waals surface area contributed by atoms with Crippen LogP contribution in [0.15, 0.2) is 48.0 Å². The zero-order chi connectivity index (χ0) is 27.6. The number of carboxylic acid groups (broad SMARTS) is 1. The molecule has 0 amide bonds. The number of aryl methyl sites for hydroxylation is 2. The SMILES string of the molecule is Cc1c([C@@H](CC(=O)O)c2cc(CN3Cc4cnc(O)cc4OC4(CC4)C3)c3sccc3c2)ccc2c1nnn2C. The van der Waals surface area contributed by atoms with Gasteiger partial charge in [-0.2, -0.15) is 0 Å². The molecule has 1 aliphatic carbocycles. The molecule has 5 aromatic rings. The maximum absolute atomic E-state index is 12.1. The monoisotopic (exact) mass is 555 g/mol. The first-order valence-electron chi connectivity index (χ1n) is 13.4. The van der Waals surface area contributed by atoms with Crippen LogP contribution < -0.4 is 4.74 Å². The molecule has 0 radical (unpaired) electrons. The number of rotatable bonds is 6. The maximum atomic E-state index is 12.1. The van der Waals surface area contributed by atoms with Crippen molar-refractivity contribution in [2.75, 3.05) is 6.54 Å². The van der Waals surface area contributed by atoms with Gasteiger partial charge in [-0.1, -0.05) is 17.3 Å². The van der Waals surface area contributed by atoms with Crippen molar-refractivity contribution < 1.29 is 19.7 Å². The molecule has 1 spiro atoms. The van der Waals surface area contributed by atoms with E-state index in [-0.39, 0.29) is 23.8 Å². The fourth-order valence-electron chi connectivity index (χ4n) is 6.10. The van der Waals surface area contributed by atoms with E-state index in [4.69, 9.17) is 4.74 Å². The Balaban J connectivity index is 1.30. The summed E-state index contributed by atoms with van der Waals surface area (Å²) in [5, 5.41) is 31.6. The quantitative estimate of drug-likeness (QED) is 0.297. The smallest absolute Gasteiger partial charge is 0.304 e. The molecule has 3 aromatic heterocycles. The topological polar surface area (TPSA) is 114 Å². The maximum Gasteiger partial charge on any atom is 0.304 e. The van der Waals surface area contributed by atoms with Gasteiger partial charge in [0.2, 0.25) is 5.88 Å². The van der Waals surface area contributed by atoms with Crippen molar-refractivity contribution in [3.05, 3.63) is 75.8 Å². The summed E-state index contributed by atoms with van der Waals surface area (Å²) in [6.07, 6.45) is 3.63. The van der Waals surface area contributed by atoms with Crippen LogP contribution in [0.5, 0.6) is 11.6 Å². The molecule has 2 N–H and O–H groups in total. The third kappa shape index (κ3) is 4.37. The van der Waals surface area contributed by atoms with Crippen LogP contribution >= 0.6 is 11.3 Å². The first-order chi connectivity index (χ1) is 19.3. The molecule has 40 heavy (non-hydrogen) atoms. The Hall–Kier alpha value is -4.02. The Labute approximate surface area is 234 Å². The van der Waals surface area contributed by atoms with E-state index in [1.165, 1.54) is 10.3 Å². The molecule has 1 atom stereocenters. The van der Waals surface area contributed by atoms with E-state index in [0.717, 1.165) is 58.1 Å². The van der Waals surface area contributed by atoms with E-state index in [1.54, 1.807) is 28.3 Å². The Morgan fingerprint density at radius 1 is 1.23 bits per heavy atom. The summed E-state index contributed by atoms with van der Waals surface area (Å²) in [5.74, 6) is -0.500. The summed E-state index contributed by atoms with van der Waals surface area (Å²) in [6.45, 7) is 4.13. The Morgan fingerprint density at radius 2 is 2.08 bits per heavy atom. The van der Waals surface area contributed by atoms with Gasteiger partial charge < -0.3 is 14.9 Å². The number of hydrogen-bond donors (Lipinski definition) is 2. The minimum absolute atomic E-state index is 0.0229. The second kappa shape index (κ2) is 9.28. The molecule has 2 aromatic carbocycles. The number of thiophene rings is 1. The molecule has 0 saturated heterocycles. The highest BCUT2D eigenvalue weighted by Crippen LogP contribution is 2.45. The molecule has 1 aliphatic heterocycles. The summed E-state index contributed by atoms with van der Waals surface area (Å²) >= 11 is 1.71. The van der Waals surface area contributed by atoms with Crippen LogP contribution in [0.4, 0.5) is 0 Å².